The highest BCUT2D eigenvalue weighted by Crippen LogP contribution is 2.30. The van der Waals surface area contributed by atoms with Crippen LogP contribution in [0.2, 0.25) is 0 Å². The third-order valence-corrected chi connectivity index (χ3v) is 5.19. The van der Waals surface area contributed by atoms with Crippen LogP contribution in [-0.4, -0.2) is 48.3 Å². The SMILES string of the molecule is CCC1(C(=O)NC(C)C(CO)SC)CCCNC1. The fourth-order valence-electron chi connectivity index (χ4n) is 2.51. The van der Waals surface area contributed by atoms with Gasteiger partial charge in [-0.05, 0) is 39.0 Å². The molecule has 1 amide bonds. The standard InChI is InChI=1S/C13H26N2O2S/c1-4-13(6-5-7-14-9-13)12(17)15-10(2)11(8-16)18-3/h10-11,14,16H,4-9H2,1-3H3,(H,15,17). The molecule has 0 spiro atoms. The van der Waals surface area contributed by atoms with E-state index in [1.807, 2.05) is 13.2 Å². The highest BCUT2D eigenvalue weighted by atomic mass is 32.2. The third kappa shape index (κ3) is 3.62. The molecule has 0 aromatic rings. The number of aliphatic hydroxyl groups is 1. The first-order chi connectivity index (χ1) is 8.59. The zero-order chi connectivity index (χ0) is 13.6. The number of piperidine rings is 1. The predicted octanol–water partition coefficient (Wildman–Crippen LogP) is 0.995. The molecule has 1 aliphatic heterocycles. The fourth-order valence-corrected chi connectivity index (χ4v) is 3.14. The van der Waals surface area contributed by atoms with Crippen molar-refractivity contribution >= 4 is 17.7 Å². The molecule has 1 saturated heterocycles. The summed E-state index contributed by atoms with van der Waals surface area (Å²) in [5.74, 6) is 0.136. The minimum Gasteiger partial charge on any atom is -0.395 e. The molecule has 18 heavy (non-hydrogen) atoms. The molecule has 1 rings (SSSR count). The number of thioether (sulfide) groups is 1. The van der Waals surface area contributed by atoms with Crippen LogP contribution in [0.25, 0.3) is 0 Å². The molecule has 4 nitrogen and oxygen atoms in total. The second-order valence-corrected chi connectivity index (χ2v) is 6.21. The first-order valence-corrected chi connectivity index (χ1v) is 8.03. The van der Waals surface area contributed by atoms with Gasteiger partial charge in [0.25, 0.3) is 0 Å². The summed E-state index contributed by atoms with van der Waals surface area (Å²) in [6, 6.07) is 0.00264. The number of hydrogen-bond acceptors (Lipinski definition) is 4. The Morgan fingerprint density at radius 1 is 1.61 bits per heavy atom. The maximum Gasteiger partial charge on any atom is 0.227 e. The molecule has 3 N–H and O–H groups in total. The van der Waals surface area contributed by atoms with E-state index in [1.54, 1.807) is 11.8 Å². The van der Waals surface area contributed by atoms with Crippen molar-refractivity contribution < 1.29 is 9.90 Å². The lowest BCUT2D eigenvalue weighted by Gasteiger charge is -2.37. The van der Waals surface area contributed by atoms with Gasteiger partial charge in [-0.1, -0.05) is 6.92 Å². The Bertz CT molecular complexity index is 264. The van der Waals surface area contributed by atoms with Gasteiger partial charge in [-0.25, -0.2) is 0 Å². The van der Waals surface area contributed by atoms with Gasteiger partial charge in [0.05, 0.1) is 12.0 Å². The van der Waals surface area contributed by atoms with E-state index in [0.29, 0.717) is 0 Å². The minimum atomic E-state index is -0.259. The van der Waals surface area contributed by atoms with Crippen LogP contribution in [0, 0.1) is 5.41 Å². The smallest absolute Gasteiger partial charge is 0.227 e. The number of rotatable bonds is 6. The number of carbonyl (C=O) groups excluding carboxylic acids is 1. The van der Waals surface area contributed by atoms with Gasteiger partial charge < -0.3 is 15.7 Å². The van der Waals surface area contributed by atoms with Gasteiger partial charge in [-0.15, -0.1) is 0 Å². The van der Waals surface area contributed by atoms with Crippen LogP contribution in [0.5, 0.6) is 0 Å². The van der Waals surface area contributed by atoms with Gasteiger partial charge in [-0.2, -0.15) is 11.8 Å². The van der Waals surface area contributed by atoms with E-state index < -0.39 is 0 Å². The monoisotopic (exact) mass is 274 g/mol. The highest BCUT2D eigenvalue weighted by Gasteiger charge is 2.38. The molecule has 1 heterocycles. The van der Waals surface area contributed by atoms with Crippen LogP contribution in [0.15, 0.2) is 0 Å². The summed E-state index contributed by atoms with van der Waals surface area (Å²) in [6.07, 6.45) is 4.84. The Kier molecular flexibility index (Phi) is 6.46. The van der Waals surface area contributed by atoms with Crippen molar-refractivity contribution in [1.82, 2.24) is 10.6 Å². The summed E-state index contributed by atoms with van der Waals surface area (Å²) in [5.41, 5.74) is -0.259. The van der Waals surface area contributed by atoms with Gasteiger partial charge in [0.1, 0.15) is 0 Å². The number of amides is 1. The van der Waals surface area contributed by atoms with Gasteiger partial charge >= 0.3 is 0 Å². The molecule has 0 aliphatic carbocycles. The third-order valence-electron chi connectivity index (χ3n) is 4.03. The summed E-state index contributed by atoms with van der Waals surface area (Å²) in [7, 11) is 0. The second-order valence-electron chi connectivity index (χ2n) is 5.13. The molecule has 1 fully saturated rings. The van der Waals surface area contributed by atoms with E-state index in [9.17, 15) is 9.90 Å². The molecule has 0 aromatic heterocycles. The van der Waals surface area contributed by atoms with Crippen molar-refractivity contribution in [3.63, 3.8) is 0 Å². The van der Waals surface area contributed by atoms with Crippen LogP contribution in [0.3, 0.4) is 0 Å². The van der Waals surface area contributed by atoms with Crippen LogP contribution in [0.4, 0.5) is 0 Å². The van der Waals surface area contributed by atoms with Crippen LogP contribution in [0.1, 0.15) is 33.1 Å². The van der Waals surface area contributed by atoms with Crippen molar-refractivity contribution in [2.24, 2.45) is 5.41 Å². The summed E-state index contributed by atoms with van der Waals surface area (Å²) in [6.45, 7) is 5.92. The van der Waals surface area contributed by atoms with E-state index in [4.69, 9.17) is 0 Å². The quantitative estimate of drug-likeness (QED) is 0.676. The lowest BCUT2D eigenvalue weighted by molar-refractivity contribution is -0.133. The van der Waals surface area contributed by atoms with Gasteiger partial charge in [0.15, 0.2) is 0 Å². The summed E-state index contributed by atoms with van der Waals surface area (Å²) in [4.78, 5) is 12.5. The molecular formula is C13H26N2O2S. The molecular weight excluding hydrogens is 248 g/mol. The largest absolute Gasteiger partial charge is 0.395 e. The lowest BCUT2D eigenvalue weighted by atomic mass is 9.77. The maximum absolute atomic E-state index is 12.5. The first kappa shape index (κ1) is 15.8. The average Bonchev–Trinajstić information content (AvgIpc) is 2.40. The molecule has 0 aromatic carbocycles. The van der Waals surface area contributed by atoms with Crippen LogP contribution < -0.4 is 10.6 Å². The number of nitrogens with one attached hydrogen (secondary N) is 2. The average molecular weight is 274 g/mol. The topological polar surface area (TPSA) is 61.4 Å². The molecule has 3 atom stereocenters. The molecule has 5 heteroatoms. The van der Waals surface area contributed by atoms with E-state index in [0.717, 1.165) is 32.4 Å². The van der Waals surface area contributed by atoms with Crippen molar-refractivity contribution in [2.75, 3.05) is 26.0 Å². The Morgan fingerprint density at radius 3 is 2.78 bits per heavy atom. The summed E-state index contributed by atoms with van der Waals surface area (Å²) < 4.78 is 0. The Balaban J connectivity index is 2.61. The van der Waals surface area contributed by atoms with Gasteiger partial charge in [-0.3, -0.25) is 4.79 Å². The van der Waals surface area contributed by atoms with Gasteiger partial charge in [0.2, 0.25) is 5.91 Å². The van der Waals surface area contributed by atoms with E-state index in [2.05, 4.69) is 17.6 Å². The predicted molar refractivity (Wildman–Crippen MR) is 76.8 cm³/mol. The summed E-state index contributed by atoms with van der Waals surface area (Å²) >= 11 is 1.59. The number of hydrogen-bond donors (Lipinski definition) is 3. The molecule has 106 valence electrons. The molecule has 0 radical (unpaired) electrons. The molecule has 1 aliphatic rings. The second kappa shape index (κ2) is 7.36. The number of carbonyl (C=O) groups is 1. The van der Waals surface area contributed by atoms with Gasteiger partial charge in [0, 0.05) is 17.8 Å². The molecule has 0 bridgehead atoms. The molecule has 3 unspecified atom stereocenters. The van der Waals surface area contributed by atoms with Crippen molar-refractivity contribution in [2.45, 2.75) is 44.4 Å². The van der Waals surface area contributed by atoms with E-state index in [1.165, 1.54) is 0 Å². The fraction of sp³-hybridized carbons (Fsp3) is 0.923. The lowest BCUT2D eigenvalue weighted by Crippen LogP contribution is -2.53. The van der Waals surface area contributed by atoms with Crippen molar-refractivity contribution in [3.8, 4) is 0 Å². The first-order valence-electron chi connectivity index (χ1n) is 6.75. The number of aliphatic hydroxyl groups excluding tert-OH is 1. The Morgan fingerprint density at radius 2 is 2.33 bits per heavy atom. The van der Waals surface area contributed by atoms with Crippen molar-refractivity contribution in [1.29, 1.82) is 0 Å². The highest BCUT2D eigenvalue weighted by molar-refractivity contribution is 7.99. The van der Waals surface area contributed by atoms with Crippen LogP contribution >= 0.6 is 11.8 Å². The van der Waals surface area contributed by atoms with E-state index in [-0.39, 0.29) is 29.2 Å². The zero-order valence-corrected chi connectivity index (χ0v) is 12.5. The van der Waals surface area contributed by atoms with Crippen molar-refractivity contribution in [3.05, 3.63) is 0 Å². The molecule has 0 saturated carbocycles. The Labute approximate surface area is 114 Å². The summed E-state index contributed by atoms with van der Waals surface area (Å²) in [5, 5.41) is 15.7. The van der Waals surface area contributed by atoms with E-state index >= 15 is 0 Å². The normalized spacial score (nSPS) is 27.6. The van der Waals surface area contributed by atoms with Crippen LogP contribution in [-0.2, 0) is 4.79 Å². The minimum absolute atomic E-state index is 0.00264. The maximum atomic E-state index is 12.5. The Hall–Kier alpha value is -0.260. The zero-order valence-electron chi connectivity index (χ0n) is 11.7.